The van der Waals surface area contributed by atoms with Crippen LogP contribution in [0.1, 0.15) is 75.3 Å². The van der Waals surface area contributed by atoms with Gasteiger partial charge in [-0.2, -0.15) is 5.26 Å². The maximum absolute atomic E-state index is 15.0. The van der Waals surface area contributed by atoms with Gasteiger partial charge in [0.25, 0.3) is 0 Å². The summed E-state index contributed by atoms with van der Waals surface area (Å²) in [5, 5.41) is 10.2. The van der Waals surface area contributed by atoms with Crippen LogP contribution >= 0.6 is 0 Å². The molecule has 0 bridgehead atoms. The number of hydrogen-bond acceptors (Lipinski definition) is 5. The number of benzene rings is 1. The molecule has 2 spiro atoms. The minimum atomic E-state index is -1.73. The van der Waals surface area contributed by atoms with E-state index < -0.39 is 11.2 Å². The van der Waals surface area contributed by atoms with E-state index in [1.54, 1.807) is 0 Å². The van der Waals surface area contributed by atoms with E-state index in [-0.39, 0.29) is 46.6 Å². The van der Waals surface area contributed by atoms with E-state index in [9.17, 15) is 14.9 Å². The van der Waals surface area contributed by atoms with Crippen LogP contribution in [0.25, 0.3) is 0 Å². The Balaban J connectivity index is 1.76. The number of amides is 1. The summed E-state index contributed by atoms with van der Waals surface area (Å²) in [6.07, 6.45) is 5.76. The van der Waals surface area contributed by atoms with Gasteiger partial charge in [-0.15, -0.1) is 0 Å². The lowest BCUT2D eigenvalue weighted by molar-refractivity contribution is -0.125. The van der Waals surface area contributed by atoms with Gasteiger partial charge in [0.1, 0.15) is 28.6 Å². The maximum Gasteiger partial charge on any atom is 0.248 e. The van der Waals surface area contributed by atoms with Gasteiger partial charge in [0.05, 0.1) is 11.3 Å². The van der Waals surface area contributed by atoms with Crippen molar-refractivity contribution in [2.24, 2.45) is 5.73 Å². The Morgan fingerprint density at radius 3 is 2.69 bits per heavy atom. The number of carbonyl (C=O) groups excluding carboxylic acids is 2. The molecule has 7 heteroatoms. The first-order valence-corrected chi connectivity index (χ1v) is 11.4. The van der Waals surface area contributed by atoms with Crippen LogP contribution in [0, 0.1) is 17.1 Å². The molecule has 3 heterocycles. The average Bonchev–Trinajstić information content (AvgIpc) is 3.30. The summed E-state index contributed by atoms with van der Waals surface area (Å²) in [6.45, 7) is 2.07. The molecule has 3 aliphatic heterocycles. The van der Waals surface area contributed by atoms with Crippen LogP contribution < -0.4 is 10.6 Å². The summed E-state index contributed by atoms with van der Waals surface area (Å²) in [6, 6.07) is 4.91. The average molecular weight is 433 g/mol. The third kappa shape index (κ3) is 2.08. The van der Waals surface area contributed by atoms with Crippen molar-refractivity contribution >= 4 is 17.4 Å². The summed E-state index contributed by atoms with van der Waals surface area (Å²) in [5.74, 6) is -0.822. The molecule has 1 saturated carbocycles. The van der Waals surface area contributed by atoms with Crippen LogP contribution in [0.2, 0.25) is 0 Å². The van der Waals surface area contributed by atoms with Gasteiger partial charge in [-0.05, 0) is 49.3 Å². The van der Waals surface area contributed by atoms with E-state index in [2.05, 4.69) is 13.0 Å². The molecular formula is C25H24FN3O3. The van der Waals surface area contributed by atoms with Crippen molar-refractivity contribution in [1.29, 1.82) is 5.26 Å². The van der Waals surface area contributed by atoms with Gasteiger partial charge in [-0.25, -0.2) is 4.39 Å². The highest BCUT2D eigenvalue weighted by atomic mass is 19.1. The maximum atomic E-state index is 15.0. The summed E-state index contributed by atoms with van der Waals surface area (Å²) < 4.78 is 20.8. The van der Waals surface area contributed by atoms with E-state index in [4.69, 9.17) is 10.5 Å². The van der Waals surface area contributed by atoms with Gasteiger partial charge >= 0.3 is 0 Å². The van der Waals surface area contributed by atoms with Crippen LogP contribution in [0.15, 0.2) is 34.9 Å². The first kappa shape index (κ1) is 19.5. The molecule has 2 aliphatic carbocycles. The molecule has 2 N–H and O–H groups in total. The number of carbonyl (C=O) groups is 2. The Morgan fingerprint density at radius 2 is 1.97 bits per heavy atom. The van der Waals surface area contributed by atoms with E-state index in [0.717, 1.165) is 37.7 Å². The summed E-state index contributed by atoms with van der Waals surface area (Å²) in [5.41, 5.74) is 5.97. The molecule has 2 atom stereocenters. The zero-order chi connectivity index (χ0) is 22.4. The molecule has 6 nitrogen and oxygen atoms in total. The molecular weight excluding hydrogens is 409 g/mol. The van der Waals surface area contributed by atoms with E-state index >= 15 is 4.39 Å². The number of nitrogens with zero attached hydrogens (tertiary/aromatic N) is 2. The largest absolute Gasteiger partial charge is 0.444 e. The zero-order valence-corrected chi connectivity index (χ0v) is 18.0. The van der Waals surface area contributed by atoms with Crippen LogP contribution in [0.4, 0.5) is 10.1 Å². The predicted octanol–water partition coefficient (Wildman–Crippen LogP) is 3.96. The van der Waals surface area contributed by atoms with Gasteiger partial charge < -0.3 is 15.4 Å². The lowest BCUT2D eigenvalue weighted by atomic mass is 9.65. The number of ketones is 1. The molecule has 1 amide bonds. The van der Waals surface area contributed by atoms with Gasteiger partial charge in [-0.3, -0.25) is 9.59 Å². The standard InChI is InChI=1S/C25H24FN3O3/c1-13-11-24(7-2-3-8-24)29-21-15(13)9-14(26)10-16(21)25(23(29)31)17(12-27)22(28)32-19-6-4-5-18(30)20(19)25/h9-10,13H,2-8,11,28H2,1H3/t13-,25-/m1/s1. The van der Waals surface area contributed by atoms with Gasteiger partial charge in [0.15, 0.2) is 5.78 Å². The molecule has 1 aromatic carbocycles. The Kier molecular flexibility index (Phi) is 3.80. The number of halogens is 1. The smallest absolute Gasteiger partial charge is 0.248 e. The Morgan fingerprint density at radius 1 is 1.22 bits per heavy atom. The van der Waals surface area contributed by atoms with Crippen LogP contribution in [0.5, 0.6) is 0 Å². The minimum Gasteiger partial charge on any atom is -0.444 e. The lowest BCUT2D eigenvalue weighted by Crippen LogP contribution is -2.57. The Bertz CT molecular complexity index is 1220. The Hall–Kier alpha value is -3.14. The van der Waals surface area contributed by atoms with Crippen molar-refractivity contribution < 1.29 is 18.7 Å². The summed E-state index contributed by atoms with van der Waals surface area (Å²) in [7, 11) is 0. The molecule has 164 valence electrons. The van der Waals surface area contributed by atoms with Crippen LogP contribution in [0.3, 0.4) is 0 Å². The third-order valence-corrected chi connectivity index (χ3v) is 8.19. The van der Waals surface area contributed by atoms with Crippen LogP contribution in [-0.4, -0.2) is 17.2 Å². The molecule has 32 heavy (non-hydrogen) atoms. The molecule has 0 saturated heterocycles. The molecule has 1 fully saturated rings. The number of rotatable bonds is 0. The van der Waals surface area contributed by atoms with Gasteiger partial charge in [0.2, 0.25) is 11.8 Å². The van der Waals surface area contributed by atoms with E-state index in [0.29, 0.717) is 29.9 Å². The quantitative estimate of drug-likeness (QED) is 0.668. The number of nitrogens with two attached hydrogens (primary N) is 1. The van der Waals surface area contributed by atoms with Crippen LogP contribution in [-0.2, 0) is 19.7 Å². The van der Waals surface area contributed by atoms with Crippen molar-refractivity contribution in [1.82, 2.24) is 0 Å². The lowest BCUT2D eigenvalue weighted by Gasteiger charge is -2.47. The van der Waals surface area contributed by atoms with E-state index in [1.807, 2.05) is 4.90 Å². The number of allylic oxidation sites excluding steroid dienone is 1. The molecule has 0 radical (unpaired) electrons. The predicted molar refractivity (Wildman–Crippen MR) is 114 cm³/mol. The number of nitriles is 1. The third-order valence-electron chi connectivity index (χ3n) is 8.19. The molecule has 1 aromatic rings. The molecule has 5 aliphatic rings. The normalized spacial score (nSPS) is 30.0. The fourth-order valence-corrected chi connectivity index (χ4v) is 7.05. The molecule has 0 unspecified atom stereocenters. The first-order chi connectivity index (χ1) is 15.3. The van der Waals surface area contributed by atoms with Crippen molar-refractivity contribution in [2.45, 2.75) is 75.2 Å². The number of fused-ring (bicyclic) bond motifs is 3. The van der Waals surface area contributed by atoms with E-state index in [1.165, 1.54) is 12.1 Å². The molecule has 0 aromatic heterocycles. The molecule has 6 rings (SSSR count). The number of ether oxygens (including phenoxy) is 1. The zero-order valence-electron chi connectivity index (χ0n) is 18.0. The highest BCUT2D eigenvalue weighted by Crippen LogP contribution is 2.63. The topological polar surface area (TPSA) is 96.4 Å². The first-order valence-electron chi connectivity index (χ1n) is 11.4. The van der Waals surface area contributed by atoms with Crippen molar-refractivity contribution in [2.75, 3.05) is 4.90 Å². The second kappa shape index (κ2) is 6.22. The monoisotopic (exact) mass is 433 g/mol. The second-order valence-corrected chi connectivity index (χ2v) is 9.85. The minimum absolute atomic E-state index is 0.0546. The van der Waals surface area contributed by atoms with Crippen molar-refractivity contribution in [3.63, 3.8) is 0 Å². The fraction of sp³-hybridized carbons (Fsp3) is 0.480. The summed E-state index contributed by atoms with van der Waals surface area (Å²) in [4.78, 5) is 29.7. The van der Waals surface area contributed by atoms with Gasteiger partial charge in [-0.1, -0.05) is 19.8 Å². The van der Waals surface area contributed by atoms with Gasteiger partial charge in [0, 0.05) is 23.9 Å². The number of hydrogen-bond donors (Lipinski definition) is 1. The second-order valence-electron chi connectivity index (χ2n) is 9.85. The Labute approximate surface area is 185 Å². The van der Waals surface area contributed by atoms with Crippen molar-refractivity contribution in [3.8, 4) is 6.07 Å². The highest BCUT2D eigenvalue weighted by Gasteiger charge is 2.66. The SMILES string of the molecule is C[C@@H]1CC2(CCCC2)N2C(=O)[C@@]3(C(C#N)=C(N)OC4=C3C(=O)CCC4)c3cc(F)cc1c32. The fourth-order valence-electron chi connectivity index (χ4n) is 7.05. The number of anilines is 1. The van der Waals surface area contributed by atoms with Crippen molar-refractivity contribution in [3.05, 3.63) is 51.9 Å². The highest BCUT2D eigenvalue weighted by molar-refractivity contribution is 6.21. The summed E-state index contributed by atoms with van der Waals surface area (Å²) >= 11 is 0. The number of Topliss-reactive ketones (excluding diaryl/α,β-unsaturated/α-hetero) is 1.